The highest BCUT2D eigenvalue weighted by molar-refractivity contribution is 7.92. The van der Waals surface area contributed by atoms with Crippen LogP contribution in [0, 0.1) is 0 Å². The second-order valence-corrected chi connectivity index (χ2v) is 2.95. The van der Waals surface area contributed by atoms with Gasteiger partial charge in [0.05, 0.1) is 7.11 Å². The van der Waals surface area contributed by atoms with Crippen molar-refractivity contribution in [3.63, 3.8) is 0 Å². The molecular formula is CH3O6S2-. The Morgan fingerprint density at radius 2 is 2.00 bits per heavy atom. The van der Waals surface area contributed by atoms with Gasteiger partial charge in [-0.25, -0.2) is 4.21 Å². The molecular weight excluding hydrogens is 172 g/mol. The van der Waals surface area contributed by atoms with E-state index in [1.165, 1.54) is 0 Å². The fourth-order valence-corrected chi connectivity index (χ4v) is 0.862. The molecule has 8 heteroatoms. The second kappa shape index (κ2) is 3.22. The van der Waals surface area contributed by atoms with Crippen LogP contribution in [0.3, 0.4) is 0 Å². The van der Waals surface area contributed by atoms with Crippen molar-refractivity contribution in [1.29, 1.82) is 0 Å². The topological polar surface area (TPSA) is 92.7 Å². The van der Waals surface area contributed by atoms with E-state index in [4.69, 9.17) is 0 Å². The predicted octanol–water partition coefficient (Wildman–Crippen LogP) is -1.31. The van der Waals surface area contributed by atoms with Gasteiger partial charge in [0.25, 0.3) is 0 Å². The molecule has 1 unspecified atom stereocenters. The van der Waals surface area contributed by atoms with Gasteiger partial charge in [-0.1, -0.05) is 0 Å². The Morgan fingerprint density at radius 1 is 1.56 bits per heavy atom. The monoisotopic (exact) mass is 175 g/mol. The Hall–Kier alpha value is -0.0200. The van der Waals surface area contributed by atoms with Crippen LogP contribution in [-0.2, 0) is 29.6 Å². The normalized spacial score (nSPS) is 15.3. The Bertz CT molecular complexity index is 189. The molecule has 0 aromatic carbocycles. The molecule has 0 rings (SSSR count). The maximum Gasteiger partial charge on any atom is 0.411 e. The molecule has 0 aliphatic heterocycles. The molecule has 9 heavy (non-hydrogen) atoms. The molecule has 0 bridgehead atoms. The first-order valence-corrected chi connectivity index (χ1v) is 3.91. The fourth-order valence-electron chi connectivity index (χ4n) is 0.0958. The van der Waals surface area contributed by atoms with Crippen LogP contribution in [0.2, 0.25) is 0 Å². The van der Waals surface area contributed by atoms with Crippen LogP contribution in [0.1, 0.15) is 0 Å². The minimum Gasteiger partial charge on any atom is -0.749 e. The van der Waals surface area contributed by atoms with Gasteiger partial charge in [0.15, 0.2) is 0 Å². The molecule has 0 aromatic rings. The Kier molecular flexibility index (Phi) is 3.22. The predicted molar refractivity (Wildman–Crippen MR) is 25.9 cm³/mol. The summed E-state index contributed by atoms with van der Waals surface area (Å²) in [5.41, 5.74) is 0. The molecule has 0 spiro atoms. The number of rotatable bonds is 3. The average Bonchev–Trinajstić information content (AvgIpc) is 1.63. The molecule has 1 atom stereocenters. The zero-order valence-electron chi connectivity index (χ0n) is 4.27. The van der Waals surface area contributed by atoms with E-state index in [0.717, 1.165) is 7.11 Å². The summed E-state index contributed by atoms with van der Waals surface area (Å²) in [5.74, 6) is 0. The maximum absolute atomic E-state index is 9.97. The lowest BCUT2D eigenvalue weighted by atomic mass is 11.8. The fraction of sp³-hybridized carbons (Fsp3) is 1.00. The summed E-state index contributed by atoms with van der Waals surface area (Å²) in [7, 11) is -3.55. The van der Waals surface area contributed by atoms with Crippen LogP contribution < -0.4 is 0 Å². The third-order valence-electron chi connectivity index (χ3n) is 0.343. The minimum atomic E-state index is -4.33. The number of hydrogen-bond acceptors (Lipinski definition) is 6. The van der Waals surface area contributed by atoms with E-state index in [-0.39, 0.29) is 0 Å². The summed E-state index contributed by atoms with van der Waals surface area (Å²) < 4.78 is 45.8. The first-order chi connectivity index (χ1) is 3.98. The van der Waals surface area contributed by atoms with Gasteiger partial charge in [0.1, 0.15) is 11.4 Å². The standard InChI is InChI=1S/CH4O6S2/c1-6-9(4,5)7-8(2)3/h1H3,(H,2,3)/p-1. The van der Waals surface area contributed by atoms with Gasteiger partial charge in [-0.3, -0.25) is 4.18 Å². The Balaban J connectivity index is 4.06. The molecule has 0 aromatic heterocycles. The Labute approximate surface area is 54.6 Å². The van der Waals surface area contributed by atoms with Gasteiger partial charge in [0, 0.05) is 0 Å². The van der Waals surface area contributed by atoms with Gasteiger partial charge >= 0.3 is 10.4 Å². The summed E-state index contributed by atoms with van der Waals surface area (Å²) in [6.07, 6.45) is 0. The van der Waals surface area contributed by atoms with E-state index in [2.05, 4.69) is 7.81 Å². The SMILES string of the molecule is COS(=O)(=O)OS(=O)[O-]. The minimum absolute atomic E-state index is 0.780. The summed E-state index contributed by atoms with van der Waals surface area (Å²) >= 11 is -3.10. The van der Waals surface area contributed by atoms with Crippen LogP contribution in [0.5, 0.6) is 0 Å². The van der Waals surface area contributed by atoms with Crippen LogP contribution in [0.25, 0.3) is 0 Å². The smallest absolute Gasteiger partial charge is 0.411 e. The number of hydrogen-bond donors (Lipinski definition) is 0. The highest BCUT2D eigenvalue weighted by Gasteiger charge is 2.07. The summed E-state index contributed by atoms with van der Waals surface area (Å²) in [6, 6.07) is 0. The molecule has 0 N–H and O–H groups in total. The highest BCUT2D eigenvalue weighted by atomic mass is 32.3. The van der Waals surface area contributed by atoms with Crippen molar-refractivity contribution in [2.45, 2.75) is 0 Å². The lowest BCUT2D eigenvalue weighted by molar-refractivity contribution is 0.324. The molecule has 0 radical (unpaired) electrons. The maximum atomic E-state index is 9.97. The average molecular weight is 175 g/mol. The van der Waals surface area contributed by atoms with Crippen molar-refractivity contribution in [1.82, 2.24) is 0 Å². The summed E-state index contributed by atoms with van der Waals surface area (Å²) in [6.45, 7) is 0. The molecule has 0 heterocycles. The van der Waals surface area contributed by atoms with E-state index in [1.807, 2.05) is 0 Å². The van der Waals surface area contributed by atoms with Crippen molar-refractivity contribution in [3.8, 4) is 0 Å². The van der Waals surface area contributed by atoms with Crippen molar-refractivity contribution >= 4 is 21.8 Å². The zero-order chi connectivity index (χ0) is 7.49. The third kappa shape index (κ3) is 4.48. The van der Waals surface area contributed by atoms with Gasteiger partial charge in [-0.2, -0.15) is 12.0 Å². The van der Waals surface area contributed by atoms with E-state index in [1.54, 1.807) is 0 Å². The van der Waals surface area contributed by atoms with Crippen molar-refractivity contribution in [3.05, 3.63) is 0 Å². The van der Waals surface area contributed by atoms with E-state index in [0.29, 0.717) is 0 Å². The van der Waals surface area contributed by atoms with E-state index >= 15 is 0 Å². The molecule has 0 amide bonds. The molecule has 0 saturated heterocycles. The molecule has 6 nitrogen and oxygen atoms in total. The van der Waals surface area contributed by atoms with Crippen LogP contribution >= 0.6 is 0 Å². The van der Waals surface area contributed by atoms with Gasteiger partial charge < -0.3 is 4.55 Å². The largest absolute Gasteiger partial charge is 0.749 e. The van der Waals surface area contributed by atoms with Crippen LogP contribution in [0.4, 0.5) is 0 Å². The van der Waals surface area contributed by atoms with Gasteiger partial charge in [-0.05, 0) is 0 Å². The summed E-state index contributed by atoms with van der Waals surface area (Å²) in [4.78, 5) is 0. The molecule has 0 saturated carbocycles. The third-order valence-corrected chi connectivity index (χ3v) is 1.86. The van der Waals surface area contributed by atoms with Gasteiger partial charge in [0.2, 0.25) is 0 Å². The van der Waals surface area contributed by atoms with E-state index < -0.39 is 21.8 Å². The van der Waals surface area contributed by atoms with Crippen molar-refractivity contribution < 1.29 is 25.0 Å². The molecule has 0 aliphatic rings. The lowest BCUT2D eigenvalue weighted by Gasteiger charge is -2.01. The van der Waals surface area contributed by atoms with Crippen LogP contribution in [-0.4, -0.2) is 24.3 Å². The molecule has 0 aliphatic carbocycles. The highest BCUT2D eigenvalue weighted by Crippen LogP contribution is 1.93. The van der Waals surface area contributed by atoms with Crippen LogP contribution in [0.15, 0.2) is 0 Å². The first kappa shape index (κ1) is 8.98. The molecule has 56 valence electrons. The second-order valence-electron chi connectivity index (χ2n) is 0.847. The van der Waals surface area contributed by atoms with Crippen molar-refractivity contribution in [2.24, 2.45) is 0 Å². The quantitative estimate of drug-likeness (QED) is 0.494. The summed E-state index contributed by atoms with van der Waals surface area (Å²) in [5, 5.41) is 0. The Morgan fingerprint density at radius 3 is 2.11 bits per heavy atom. The van der Waals surface area contributed by atoms with Crippen molar-refractivity contribution in [2.75, 3.05) is 7.11 Å². The first-order valence-electron chi connectivity index (χ1n) is 1.57. The van der Waals surface area contributed by atoms with Gasteiger partial charge in [-0.15, -0.1) is 0 Å². The lowest BCUT2D eigenvalue weighted by Crippen LogP contribution is -2.08. The van der Waals surface area contributed by atoms with E-state index in [9.17, 15) is 17.2 Å². The molecule has 0 fully saturated rings. The zero-order valence-corrected chi connectivity index (χ0v) is 5.90.